The molecule has 800 valence electrons. The Balaban J connectivity index is 0.000000412. The Labute approximate surface area is 918 Å². The molecule has 0 heterocycles. The van der Waals surface area contributed by atoms with Gasteiger partial charge in [-0.05, 0) is 296 Å². The standard InChI is InChI=1S/C13H14O.C13H16.C12H16.C10H13Cl.C9H10Cl2O.C9H10Cl2.C9H11ClO.C9H11Cl.2C9H10F2.C9H11FO.C9H11F.C9H12O.CH4/c1-9(2)13-8-11(14)7-10-5-3-4-6-12(10)13;1-9(2)13-10(3)7-8-11-5-4-6-12(11)13;1-9(2)11-5-3-4-6-12(11)10-7-8-10;1-7(2)9-6-8(3)4-5-10(9)11;1-5(2)7-3-6(12)4-8(10)9(7)11;1-6(2)7-4-3-5-8(10)9(7)11;1-6(2)9-7(10)4-3-5-8(9)11;1-7(2)8-5-3-4-6-9(8)10;1-6(2)8-4-3-7(10)5-9(8)11;2*1-6(2)9-7(10)4-3-5-8(9)11;2*1-7(2)8-5-3-4-6-9(8)10;/h3-9,14H,1-2H3;4,6-9H,5H2,1-3H3;3-6,9-10H,7-8H2,1-2H3;4-7H,1-3H3;3-5,12H,1-2H3;3-6H,1-2H3;3-6,11H,1-2H3;3-7H,1-2H3;2*3-6H,1-2H3;3-6,11H,1-2H3;3-7H,1-2H3;3-7,10H,1-2H3;1H4. The molecule has 2 aliphatic rings. The molecule has 0 unspecified atom stereocenters. The van der Waals surface area contributed by atoms with E-state index in [9.17, 15) is 51.9 Å². The molecular weight excluding hydrogens is 2000 g/mol. The van der Waals surface area contributed by atoms with Crippen LogP contribution in [0.25, 0.3) is 16.8 Å². The number of benzene rings is 14. The van der Waals surface area contributed by atoms with E-state index in [-0.39, 0.29) is 77.4 Å². The Hall–Kier alpha value is -10.3. The molecule has 148 heavy (non-hydrogen) atoms. The molecule has 14 aromatic rings. The number of para-hydroxylation sites is 1. The number of allylic oxidation sites excluding steroid dienone is 1. The van der Waals surface area contributed by atoms with Crippen LogP contribution < -0.4 is 0 Å². The Morgan fingerprint density at radius 2 is 0.655 bits per heavy atom. The minimum absolute atomic E-state index is 0. The molecule has 0 spiro atoms. The number of aromatic hydroxyl groups is 5. The predicted molar refractivity (Wildman–Crippen MR) is 628 cm³/mol. The average molecular weight is 2160 g/mol. The van der Waals surface area contributed by atoms with Crippen molar-refractivity contribution < 1.29 is 51.9 Å². The lowest BCUT2D eigenvalue weighted by atomic mass is 9.91. The monoisotopic (exact) mass is 2160 g/mol. The highest BCUT2D eigenvalue weighted by molar-refractivity contribution is 6.43. The van der Waals surface area contributed by atoms with Crippen LogP contribution in [0.3, 0.4) is 0 Å². The molecule has 0 aromatic heterocycles. The molecule has 0 aliphatic heterocycles. The minimum Gasteiger partial charge on any atom is -0.508 e. The Kier molecular flexibility index (Phi) is 59.1. The lowest BCUT2D eigenvalue weighted by Crippen LogP contribution is -1.97. The third-order valence-electron chi connectivity index (χ3n) is 24.0. The van der Waals surface area contributed by atoms with Crippen LogP contribution in [0, 0.1) is 48.8 Å². The molecule has 16 rings (SSSR count). The fourth-order valence-corrected chi connectivity index (χ4v) is 18.2. The van der Waals surface area contributed by atoms with Crippen molar-refractivity contribution in [3.8, 4) is 28.7 Å². The lowest BCUT2D eigenvalue weighted by molar-refractivity contribution is 0.454. The fraction of sp³-hybridized carbons (Fsp3) is 0.354. The topological polar surface area (TPSA) is 101 Å². The van der Waals surface area contributed by atoms with Crippen LogP contribution in [0.5, 0.6) is 28.7 Å². The van der Waals surface area contributed by atoms with Crippen molar-refractivity contribution in [1.29, 1.82) is 0 Å². The Morgan fingerprint density at radius 1 is 0.264 bits per heavy atom. The van der Waals surface area contributed by atoms with Gasteiger partial charge in [0.1, 0.15) is 63.7 Å². The van der Waals surface area contributed by atoms with Crippen molar-refractivity contribution in [3.63, 3.8) is 0 Å². The molecule has 5 nitrogen and oxygen atoms in total. The van der Waals surface area contributed by atoms with E-state index in [2.05, 4.69) is 178 Å². The van der Waals surface area contributed by atoms with Gasteiger partial charge in [0.05, 0.1) is 20.1 Å². The zero-order chi connectivity index (χ0) is 111. The molecular formula is C130H159Cl7F6O5. The van der Waals surface area contributed by atoms with Gasteiger partial charge in [-0.3, -0.25) is 0 Å². The van der Waals surface area contributed by atoms with Gasteiger partial charge in [0.25, 0.3) is 0 Å². The molecule has 0 atom stereocenters. The first-order valence-corrected chi connectivity index (χ1v) is 53.3. The second-order valence-corrected chi connectivity index (χ2v) is 43.2. The first kappa shape index (κ1) is 132. The normalized spacial score (nSPS) is 11.3. The SMILES string of the molecule is C.CC(C)c1c(F)cccc1F.CC(C)c1c(O)cccc1Cl.CC(C)c1c(O)cccc1F.CC(C)c1cc(O)cc(Cl)c1Cl.CC(C)c1cc(O)cc2ccccc12.CC(C)c1ccc(F)cc1F.CC(C)c1cccc(Cl)c1Cl.CC(C)c1ccccc1C1CC1.CC(C)c1ccccc1Cl.CC(C)c1ccccc1F.CC(C)c1ccccc1O.Cc1ccc(Cl)c(C(C)C)c1.Cc1ccc2c(c1C(C)C)C=CC2. The van der Waals surface area contributed by atoms with Crippen molar-refractivity contribution in [2.24, 2.45) is 0 Å². The van der Waals surface area contributed by atoms with Crippen molar-refractivity contribution >= 4 is 98.1 Å². The van der Waals surface area contributed by atoms with E-state index in [1.54, 1.807) is 73.5 Å². The largest absolute Gasteiger partial charge is 0.508 e. The van der Waals surface area contributed by atoms with Crippen molar-refractivity contribution in [3.05, 3.63) is 443 Å². The van der Waals surface area contributed by atoms with E-state index < -0.39 is 23.3 Å². The zero-order valence-corrected chi connectivity index (χ0v) is 96.2. The summed E-state index contributed by atoms with van der Waals surface area (Å²) in [5, 5.41) is 53.7. The van der Waals surface area contributed by atoms with Crippen LogP contribution >= 0.6 is 81.2 Å². The molecule has 2 aliphatic carbocycles. The van der Waals surface area contributed by atoms with Crippen molar-refractivity contribution in [2.75, 3.05) is 0 Å². The smallest absolute Gasteiger partial charge is 0.130 e. The molecule has 1 saturated carbocycles. The minimum atomic E-state index is -0.521. The summed E-state index contributed by atoms with van der Waals surface area (Å²) in [7, 11) is 0. The highest BCUT2D eigenvalue weighted by Crippen LogP contribution is 2.44. The van der Waals surface area contributed by atoms with Gasteiger partial charge in [0.2, 0.25) is 0 Å². The van der Waals surface area contributed by atoms with Crippen molar-refractivity contribution in [1.82, 2.24) is 0 Å². The van der Waals surface area contributed by atoms with E-state index in [4.69, 9.17) is 81.2 Å². The van der Waals surface area contributed by atoms with E-state index >= 15 is 0 Å². The highest BCUT2D eigenvalue weighted by Gasteiger charge is 2.27. The van der Waals surface area contributed by atoms with Gasteiger partial charge in [0, 0.05) is 43.9 Å². The maximum absolute atomic E-state index is 12.9. The molecule has 0 amide bonds. The van der Waals surface area contributed by atoms with E-state index in [0.717, 1.165) is 61.7 Å². The third-order valence-corrected chi connectivity index (χ3v) is 26.6. The Bertz CT molecular complexity index is 6060. The summed E-state index contributed by atoms with van der Waals surface area (Å²) < 4.78 is 76.7. The van der Waals surface area contributed by atoms with E-state index in [1.807, 2.05) is 166 Å². The quantitative estimate of drug-likeness (QED) is 0.0699. The van der Waals surface area contributed by atoms with Gasteiger partial charge in [-0.15, -0.1) is 0 Å². The fourth-order valence-electron chi connectivity index (χ4n) is 16.0. The first-order chi connectivity index (χ1) is 69.1. The molecule has 1 fully saturated rings. The lowest BCUT2D eigenvalue weighted by Gasteiger charge is -2.14. The van der Waals surface area contributed by atoms with Gasteiger partial charge < -0.3 is 25.5 Å². The van der Waals surface area contributed by atoms with Gasteiger partial charge in [0.15, 0.2) is 0 Å². The number of phenolic OH excluding ortho intramolecular Hbond substituents is 5. The predicted octanol–water partition coefficient (Wildman–Crippen LogP) is 44.3. The second-order valence-electron chi connectivity index (χ2n) is 40.4. The number of aryl methyl sites for hydroxylation is 2. The Morgan fingerprint density at radius 3 is 1.09 bits per heavy atom. The number of halogens is 13. The molecule has 18 heteroatoms. The number of hydrogen-bond donors (Lipinski definition) is 5. The molecule has 14 aromatic carbocycles. The van der Waals surface area contributed by atoms with Gasteiger partial charge in [-0.2, -0.15) is 0 Å². The summed E-state index contributed by atoms with van der Waals surface area (Å²) >= 11 is 41.2. The van der Waals surface area contributed by atoms with Crippen LogP contribution in [-0.4, -0.2) is 25.5 Å². The average Bonchev–Trinajstić information content (AvgIpc) is 1.52. The highest BCUT2D eigenvalue weighted by atomic mass is 35.5. The van der Waals surface area contributed by atoms with Crippen molar-refractivity contribution in [2.45, 2.75) is 303 Å². The van der Waals surface area contributed by atoms with Crippen LogP contribution in [0.1, 0.15) is 383 Å². The summed E-state index contributed by atoms with van der Waals surface area (Å²) in [6.07, 6.45) is 8.47. The summed E-state index contributed by atoms with van der Waals surface area (Å²) in [6, 6.07) is 79.6. The number of rotatable bonds is 14. The van der Waals surface area contributed by atoms with Gasteiger partial charge in [-0.1, -0.05) is 450 Å². The molecule has 5 N–H and O–H groups in total. The number of fused-ring (bicyclic) bond motifs is 2. The number of hydrogen-bond acceptors (Lipinski definition) is 5. The first-order valence-electron chi connectivity index (χ1n) is 50.6. The third kappa shape index (κ3) is 43.9. The van der Waals surface area contributed by atoms with Crippen LogP contribution in [0.4, 0.5) is 26.3 Å². The summed E-state index contributed by atoms with van der Waals surface area (Å²) in [6.45, 7) is 57.5. The number of phenols is 5. The summed E-state index contributed by atoms with van der Waals surface area (Å²) in [5.41, 5.74) is 19.8. The summed E-state index contributed by atoms with van der Waals surface area (Å²) in [5.74, 6) is 4.28. The molecule has 0 bridgehead atoms. The van der Waals surface area contributed by atoms with Crippen LogP contribution in [0.15, 0.2) is 273 Å². The van der Waals surface area contributed by atoms with Gasteiger partial charge >= 0.3 is 0 Å². The van der Waals surface area contributed by atoms with Crippen LogP contribution in [-0.2, 0) is 6.42 Å². The maximum Gasteiger partial charge on any atom is 0.130 e. The zero-order valence-electron chi connectivity index (χ0n) is 90.9. The van der Waals surface area contributed by atoms with Crippen LogP contribution in [0.2, 0.25) is 35.2 Å². The van der Waals surface area contributed by atoms with Gasteiger partial charge in [-0.25, -0.2) is 26.3 Å². The maximum atomic E-state index is 12.9. The van der Waals surface area contributed by atoms with E-state index in [0.29, 0.717) is 89.2 Å². The van der Waals surface area contributed by atoms with E-state index in [1.165, 1.54) is 123 Å². The molecule has 0 radical (unpaired) electrons. The summed E-state index contributed by atoms with van der Waals surface area (Å²) in [4.78, 5) is 0. The molecule has 0 saturated heterocycles. The second kappa shape index (κ2) is 66.4.